The first-order valence-electron chi connectivity index (χ1n) is 6.17. The topological polar surface area (TPSA) is 72.7 Å². The summed E-state index contributed by atoms with van der Waals surface area (Å²) >= 11 is 0. The van der Waals surface area contributed by atoms with Crippen molar-refractivity contribution in [2.24, 2.45) is 5.92 Å². The maximum absolute atomic E-state index is 11.0. The van der Waals surface area contributed by atoms with Crippen LogP contribution in [0.1, 0.15) is 20.8 Å². The fraction of sp³-hybridized carbons (Fsp3) is 0.385. The second-order valence-corrected chi connectivity index (χ2v) is 4.82. The minimum Gasteiger partial charge on any atom is -0.310 e. The van der Waals surface area contributed by atoms with E-state index in [1.54, 1.807) is 12.4 Å². The molecule has 0 atom stereocenters. The lowest BCUT2D eigenvalue weighted by molar-refractivity contribution is -0.114. The van der Waals surface area contributed by atoms with Gasteiger partial charge in [0.1, 0.15) is 0 Å². The highest BCUT2D eigenvalue weighted by molar-refractivity contribution is 5.87. The number of amides is 1. The van der Waals surface area contributed by atoms with Crippen molar-refractivity contribution in [2.45, 2.75) is 27.3 Å². The zero-order valence-corrected chi connectivity index (χ0v) is 11.3. The molecule has 0 aromatic carbocycles. The molecule has 2 aromatic rings. The molecule has 2 aromatic heterocycles. The Labute approximate surface area is 111 Å². The summed E-state index contributed by atoms with van der Waals surface area (Å²) < 4.78 is 1.88. The fourth-order valence-corrected chi connectivity index (χ4v) is 1.72. The number of rotatable bonds is 4. The van der Waals surface area contributed by atoms with Crippen molar-refractivity contribution >= 4 is 11.7 Å². The van der Waals surface area contributed by atoms with E-state index in [0.717, 1.165) is 12.1 Å². The number of carbonyl (C=O) groups is 1. The molecule has 2 heterocycles. The van der Waals surface area contributed by atoms with Gasteiger partial charge in [-0.05, 0) is 5.92 Å². The molecule has 2 rings (SSSR count). The van der Waals surface area contributed by atoms with Crippen LogP contribution in [0, 0.1) is 5.92 Å². The third-order valence-electron chi connectivity index (χ3n) is 2.42. The number of nitrogens with zero attached hydrogens (tertiary/aromatic N) is 4. The molecular formula is C13H17N5O. The van der Waals surface area contributed by atoms with Crippen LogP contribution < -0.4 is 5.32 Å². The second kappa shape index (κ2) is 5.60. The van der Waals surface area contributed by atoms with E-state index in [1.807, 2.05) is 10.9 Å². The van der Waals surface area contributed by atoms with E-state index in [2.05, 4.69) is 34.2 Å². The molecule has 0 spiro atoms. The van der Waals surface area contributed by atoms with Crippen LogP contribution >= 0.6 is 0 Å². The van der Waals surface area contributed by atoms with Crippen molar-refractivity contribution in [3.63, 3.8) is 0 Å². The summed E-state index contributed by atoms with van der Waals surface area (Å²) in [6.07, 6.45) is 6.86. The van der Waals surface area contributed by atoms with Gasteiger partial charge in [-0.25, -0.2) is 4.98 Å². The van der Waals surface area contributed by atoms with E-state index >= 15 is 0 Å². The molecule has 0 fully saturated rings. The van der Waals surface area contributed by atoms with Crippen molar-refractivity contribution in [1.29, 1.82) is 0 Å². The lowest BCUT2D eigenvalue weighted by atomic mass is 10.2. The van der Waals surface area contributed by atoms with E-state index in [4.69, 9.17) is 0 Å². The van der Waals surface area contributed by atoms with Gasteiger partial charge in [0.2, 0.25) is 5.91 Å². The first-order chi connectivity index (χ1) is 9.04. The van der Waals surface area contributed by atoms with Crippen LogP contribution in [0.3, 0.4) is 0 Å². The van der Waals surface area contributed by atoms with E-state index < -0.39 is 0 Å². The third kappa shape index (κ3) is 3.61. The fourth-order valence-electron chi connectivity index (χ4n) is 1.72. The molecule has 0 aliphatic rings. The van der Waals surface area contributed by atoms with Crippen molar-refractivity contribution in [2.75, 3.05) is 5.32 Å². The van der Waals surface area contributed by atoms with Gasteiger partial charge in [-0.15, -0.1) is 0 Å². The summed E-state index contributed by atoms with van der Waals surface area (Å²) in [4.78, 5) is 19.4. The Morgan fingerprint density at radius 3 is 2.84 bits per heavy atom. The molecule has 6 nitrogen and oxygen atoms in total. The summed E-state index contributed by atoms with van der Waals surface area (Å²) in [5, 5.41) is 6.90. The molecule has 1 N–H and O–H groups in total. The SMILES string of the molecule is CC(=O)Nc1cncc(-c2cnn(CC(C)C)c2)n1. The molecule has 0 bridgehead atoms. The van der Waals surface area contributed by atoms with Gasteiger partial charge in [-0.3, -0.25) is 14.5 Å². The highest BCUT2D eigenvalue weighted by Gasteiger charge is 2.06. The molecule has 0 saturated heterocycles. The Morgan fingerprint density at radius 2 is 2.16 bits per heavy atom. The highest BCUT2D eigenvalue weighted by Crippen LogP contribution is 2.17. The maximum atomic E-state index is 11.0. The molecule has 0 aliphatic heterocycles. The second-order valence-electron chi connectivity index (χ2n) is 4.82. The molecule has 0 radical (unpaired) electrons. The van der Waals surface area contributed by atoms with Crippen LogP contribution in [0.5, 0.6) is 0 Å². The minimum atomic E-state index is -0.165. The van der Waals surface area contributed by atoms with Gasteiger partial charge in [0.05, 0.1) is 24.3 Å². The number of hydrogen-bond donors (Lipinski definition) is 1. The van der Waals surface area contributed by atoms with Crippen molar-refractivity contribution in [1.82, 2.24) is 19.7 Å². The van der Waals surface area contributed by atoms with Gasteiger partial charge in [0, 0.05) is 25.2 Å². The summed E-state index contributed by atoms with van der Waals surface area (Å²) in [7, 11) is 0. The molecule has 6 heteroatoms. The Hall–Kier alpha value is -2.24. The molecule has 0 saturated carbocycles. The minimum absolute atomic E-state index is 0.165. The molecule has 19 heavy (non-hydrogen) atoms. The highest BCUT2D eigenvalue weighted by atomic mass is 16.1. The van der Waals surface area contributed by atoms with Crippen LogP contribution in [0.25, 0.3) is 11.3 Å². The summed E-state index contributed by atoms with van der Waals surface area (Å²) in [6, 6.07) is 0. The van der Waals surface area contributed by atoms with Gasteiger partial charge >= 0.3 is 0 Å². The average Bonchev–Trinajstić information content (AvgIpc) is 2.76. The predicted octanol–water partition coefficient (Wildman–Crippen LogP) is 1.95. The Kier molecular flexibility index (Phi) is 3.89. The van der Waals surface area contributed by atoms with Crippen molar-refractivity contribution in [3.8, 4) is 11.3 Å². The largest absolute Gasteiger partial charge is 0.310 e. The summed E-state index contributed by atoms with van der Waals surface area (Å²) in [6.45, 7) is 6.57. The predicted molar refractivity (Wildman–Crippen MR) is 72.4 cm³/mol. The quantitative estimate of drug-likeness (QED) is 0.910. The normalized spacial score (nSPS) is 10.7. The van der Waals surface area contributed by atoms with Gasteiger partial charge in [0.25, 0.3) is 0 Å². The van der Waals surface area contributed by atoms with Gasteiger partial charge in [0.15, 0.2) is 5.82 Å². The molecule has 100 valence electrons. The zero-order chi connectivity index (χ0) is 13.8. The summed E-state index contributed by atoms with van der Waals surface area (Å²) in [5.41, 5.74) is 1.58. The lowest BCUT2D eigenvalue weighted by Gasteiger charge is -2.04. The van der Waals surface area contributed by atoms with E-state index in [-0.39, 0.29) is 5.91 Å². The van der Waals surface area contributed by atoms with Crippen LogP contribution in [-0.2, 0) is 11.3 Å². The Bertz CT molecular complexity index is 576. The Balaban J connectivity index is 2.21. The number of anilines is 1. The van der Waals surface area contributed by atoms with Crippen LogP contribution in [0.15, 0.2) is 24.8 Å². The Morgan fingerprint density at radius 1 is 1.37 bits per heavy atom. The molecule has 0 aliphatic carbocycles. The molecule has 0 unspecified atom stereocenters. The monoisotopic (exact) mass is 259 g/mol. The number of hydrogen-bond acceptors (Lipinski definition) is 4. The zero-order valence-electron chi connectivity index (χ0n) is 11.3. The first kappa shape index (κ1) is 13.2. The van der Waals surface area contributed by atoms with Crippen molar-refractivity contribution in [3.05, 3.63) is 24.8 Å². The third-order valence-corrected chi connectivity index (χ3v) is 2.42. The standard InChI is InChI=1S/C13H17N5O/c1-9(2)7-18-8-11(4-15-18)12-5-14-6-13(17-12)16-10(3)19/h4-6,8-9H,7H2,1-3H3,(H,16,17,19). The van der Waals surface area contributed by atoms with E-state index in [1.165, 1.54) is 13.1 Å². The smallest absolute Gasteiger partial charge is 0.222 e. The summed E-state index contributed by atoms with van der Waals surface area (Å²) in [5.74, 6) is 0.813. The maximum Gasteiger partial charge on any atom is 0.222 e. The van der Waals surface area contributed by atoms with Gasteiger partial charge < -0.3 is 5.32 Å². The lowest BCUT2D eigenvalue weighted by Crippen LogP contribution is -2.08. The van der Waals surface area contributed by atoms with Gasteiger partial charge in [-0.2, -0.15) is 5.10 Å². The van der Waals surface area contributed by atoms with Gasteiger partial charge in [-0.1, -0.05) is 13.8 Å². The number of carbonyl (C=O) groups excluding carboxylic acids is 1. The van der Waals surface area contributed by atoms with Crippen LogP contribution in [0.4, 0.5) is 5.82 Å². The van der Waals surface area contributed by atoms with Crippen LogP contribution in [-0.4, -0.2) is 25.7 Å². The van der Waals surface area contributed by atoms with E-state index in [0.29, 0.717) is 17.4 Å². The van der Waals surface area contributed by atoms with Crippen LogP contribution in [0.2, 0.25) is 0 Å². The molecule has 1 amide bonds. The first-order valence-corrected chi connectivity index (χ1v) is 6.17. The van der Waals surface area contributed by atoms with Crippen molar-refractivity contribution < 1.29 is 4.79 Å². The average molecular weight is 259 g/mol. The number of aromatic nitrogens is 4. The number of nitrogens with one attached hydrogen (secondary N) is 1. The van der Waals surface area contributed by atoms with E-state index in [9.17, 15) is 4.79 Å². The molecular weight excluding hydrogens is 242 g/mol.